The van der Waals surface area contributed by atoms with Gasteiger partial charge in [0.2, 0.25) is 5.91 Å². The molecule has 4 N–H and O–H groups in total. The molecule has 5 nitrogen and oxygen atoms in total. The lowest BCUT2D eigenvalue weighted by Crippen LogP contribution is -2.45. The third-order valence-corrected chi connectivity index (χ3v) is 13.0. The minimum Gasteiger partial charge on any atom is -0.394 e. The first-order valence-corrected chi connectivity index (χ1v) is 28.6. The Hall–Kier alpha value is -1.95. The largest absolute Gasteiger partial charge is 0.394 e. The van der Waals surface area contributed by atoms with E-state index >= 15 is 0 Å². The molecule has 5 heteroatoms. The number of amides is 1. The smallest absolute Gasteiger partial charge is 0.222 e. The van der Waals surface area contributed by atoms with Crippen LogP contribution in [0.4, 0.5) is 0 Å². The van der Waals surface area contributed by atoms with Crippen LogP contribution in [-0.4, -0.2) is 46.1 Å². The molecule has 0 radical (unpaired) electrons. The highest BCUT2D eigenvalue weighted by Gasteiger charge is 2.20. The van der Waals surface area contributed by atoms with Gasteiger partial charge in [-0.15, -0.1) is 0 Å². The number of carbonyl (C=O) groups is 1. The average molecular weight is 911 g/mol. The van der Waals surface area contributed by atoms with Gasteiger partial charge in [0.1, 0.15) is 0 Å². The van der Waals surface area contributed by atoms with E-state index in [9.17, 15) is 20.1 Å². The monoisotopic (exact) mass is 910 g/mol. The molecular weight excluding hydrogens is 799 g/mol. The normalized spacial score (nSPS) is 13.7. The van der Waals surface area contributed by atoms with E-state index in [1.807, 2.05) is 6.08 Å². The quantitative estimate of drug-likeness (QED) is 0.0362. The van der Waals surface area contributed by atoms with Crippen molar-refractivity contribution in [1.82, 2.24) is 5.32 Å². The van der Waals surface area contributed by atoms with Gasteiger partial charge in [0, 0.05) is 0 Å². The lowest BCUT2D eigenvalue weighted by molar-refractivity contribution is -0.124. The molecule has 0 aromatic carbocycles. The summed E-state index contributed by atoms with van der Waals surface area (Å²) >= 11 is 0. The molecule has 1 amide bonds. The Morgan fingerprint density at radius 3 is 1.08 bits per heavy atom. The molecule has 0 aliphatic rings. The summed E-state index contributed by atoms with van der Waals surface area (Å²) in [6.07, 6.45) is 74.1. The first-order valence-electron chi connectivity index (χ1n) is 28.6. The summed E-state index contributed by atoms with van der Waals surface area (Å²) in [4.78, 5) is 12.5. The predicted molar refractivity (Wildman–Crippen MR) is 287 cm³/mol. The van der Waals surface area contributed by atoms with Crippen molar-refractivity contribution < 1.29 is 20.1 Å². The van der Waals surface area contributed by atoms with Gasteiger partial charge in [-0.3, -0.25) is 4.79 Å². The third kappa shape index (κ3) is 51.3. The summed E-state index contributed by atoms with van der Waals surface area (Å²) in [6.45, 7) is 4.22. The highest BCUT2D eigenvalue weighted by atomic mass is 16.3. The van der Waals surface area contributed by atoms with Crippen LogP contribution >= 0.6 is 0 Å². The van der Waals surface area contributed by atoms with Gasteiger partial charge in [0.05, 0.1) is 31.3 Å². The van der Waals surface area contributed by atoms with Crippen LogP contribution < -0.4 is 5.32 Å². The van der Waals surface area contributed by atoms with Crippen molar-refractivity contribution in [2.75, 3.05) is 6.61 Å². The fourth-order valence-electron chi connectivity index (χ4n) is 8.64. The SMILES string of the molecule is CCCCCCCCCCC/C=C\C/C=C\CCCCCCCCCCCC(O)CC(=O)NC(CO)C(O)/C=C/CC/C=C/CC/C=C/CCCCCCCCCCCCCCCCC. The molecule has 0 spiro atoms. The van der Waals surface area contributed by atoms with E-state index in [1.165, 1.54) is 218 Å². The molecule has 3 unspecified atom stereocenters. The number of hydrogen-bond acceptors (Lipinski definition) is 4. The molecule has 0 bridgehead atoms. The zero-order chi connectivity index (χ0) is 47.2. The molecular formula is C60H111NO4. The second-order valence-corrected chi connectivity index (χ2v) is 19.5. The number of rotatable bonds is 52. The Balaban J connectivity index is 3.66. The number of aliphatic hydroxyl groups is 3. The maximum absolute atomic E-state index is 12.5. The molecule has 380 valence electrons. The van der Waals surface area contributed by atoms with Gasteiger partial charge in [0.25, 0.3) is 0 Å². The summed E-state index contributed by atoms with van der Waals surface area (Å²) < 4.78 is 0. The summed E-state index contributed by atoms with van der Waals surface area (Å²) in [5.74, 6) is -0.331. The molecule has 0 aromatic rings. The van der Waals surface area contributed by atoms with Gasteiger partial charge in [-0.1, -0.05) is 267 Å². The summed E-state index contributed by atoms with van der Waals surface area (Å²) in [5, 5.41) is 33.4. The van der Waals surface area contributed by atoms with Crippen LogP contribution in [0.2, 0.25) is 0 Å². The molecule has 0 aliphatic carbocycles. The maximum atomic E-state index is 12.5. The number of carbonyl (C=O) groups excluding carboxylic acids is 1. The van der Waals surface area contributed by atoms with Crippen LogP contribution in [0, 0.1) is 0 Å². The van der Waals surface area contributed by atoms with Gasteiger partial charge in [-0.25, -0.2) is 0 Å². The van der Waals surface area contributed by atoms with E-state index in [0.29, 0.717) is 6.42 Å². The molecule has 0 aliphatic heterocycles. The summed E-state index contributed by atoms with van der Waals surface area (Å²) in [6, 6.07) is -0.773. The van der Waals surface area contributed by atoms with Crippen molar-refractivity contribution in [3.05, 3.63) is 60.8 Å². The number of hydrogen-bond donors (Lipinski definition) is 4. The van der Waals surface area contributed by atoms with Crippen LogP contribution in [-0.2, 0) is 4.79 Å². The lowest BCUT2D eigenvalue weighted by atomic mass is 10.0. The third-order valence-electron chi connectivity index (χ3n) is 13.0. The van der Waals surface area contributed by atoms with Crippen LogP contribution in [0.25, 0.3) is 0 Å². The standard InChI is InChI=1S/C60H111NO4/c1-3-5-7-9-11-13-15-17-19-21-23-25-27-29-31-33-35-37-39-41-43-45-47-49-51-53-57(63)55-60(65)61-58(56-62)59(64)54-52-50-48-46-44-42-40-38-36-34-32-30-28-26-24-22-20-18-16-14-12-10-8-6-4-2/h23,25,29,31,36,38,44,46,52,54,57-59,62-64H,3-22,24,26-28,30,32-35,37,39-43,45,47-51,53,55-56H2,1-2H3,(H,61,65)/b25-23-,31-29-,38-36+,46-44+,54-52+. The van der Waals surface area contributed by atoms with Crippen LogP contribution in [0.5, 0.6) is 0 Å². The fraction of sp³-hybridized carbons (Fsp3) is 0.817. The van der Waals surface area contributed by atoms with Gasteiger partial charge in [-0.05, 0) is 77.0 Å². The van der Waals surface area contributed by atoms with Gasteiger partial charge in [0.15, 0.2) is 0 Å². The Kier molecular flexibility index (Phi) is 53.0. The van der Waals surface area contributed by atoms with Crippen LogP contribution in [0.1, 0.15) is 290 Å². The van der Waals surface area contributed by atoms with Crippen molar-refractivity contribution in [2.45, 2.75) is 308 Å². The Morgan fingerprint density at radius 2 is 0.708 bits per heavy atom. The highest BCUT2D eigenvalue weighted by Crippen LogP contribution is 2.16. The minimum atomic E-state index is -0.965. The van der Waals surface area contributed by atoms with E-state index in [2.05, 4.69) is 67.8 Å². The number of allylic oxidation sites excluding steroid dienone is 9. The summed E-state index contributed by atoms with van der Waals surface area (Å²) in [7, 11) is 0. The Morgan fingerprint density at radius 1 is 0.400 bits per heavy atom. The van der Waals surface area contributed by atoms with Crippen LogP contribution in [0.15, 0.2) is 60.8 Å². The predicted octanol–water partition coefficient (Wildman–Crippen LogP) is 17.8. The zero-order valence-corrected chi connectivity index (χ0v) is 43.4. The van der Waals surface area contributed by atoms with Crippen LogP contribution in [0.3, 0.4) is 0 Å². The minimum absolute atomic E-state index is 0.00227. The average Bonchev–Trinajstić information content (AvgIpc) is 3.30. The Bertz CT molecular complexity index is 1090. The first kappa shape index (κ1) is 63.0. The first-order chi connectivity index (χ1) is 32.0. The molecule has 0 rings (SSSR count). The number of nitrogens with one attached hydrogen (secondary N) is 1. The number of unbranched alkanes of at least 4 members (excludes halogenated alkanes) is 35. The molecule has 0 saturated heterocycles. The van der Waals surface area contributed by atoms with E-state index in [0.717, 1.165) is 44.9 Å². The highest BCUT2D eigenvalue weighted by molar-refractivity contribution is 5.76. The maximum Gasteiger partial charge on any atom is 0.222 e. The lowest BCUT2D eigenvalue weighted by Gasteiger charge is -2.21. The van der Waals surface area contributed by atoms with Crippen molar-refractivity contribution >= 4 is 5.91 Å². The van der Waals surface area contributed by atoms with Crippen molar-refractivity contribution in [1.29, 1.82) is 0 Å². The Labute approximate surface area is 405 Å². The molecule has 65 heavy (non-hydrogen) atoms. The zero-order valence-electron chi connectivity index (χ0n) is 43.4. The molecule has 0 fully saturated rings. The van der Waals surface area contributed by atoms with E-state index in [1.54, 1.807) is 6.08 Å². The number of aliphatic hydroxyl groups excluding tert-OH is 3. The fourth-order valence-corrected chi connectivity index (χ4v) is 8.64. The van der Waals surface area contributed by atoms with Gasteiger partial charge in [-0.2, -0.15) is 0 Å². The van der Waals surface area contributed by atoms with Crippen molar-refractivity contribution in [2.24, 2.45) is 0 Å². The second kappa shape index (κ2) is 54.7. The van der Waals surface area contributed by atoms with Crippen molar-refractivity contribution in [3.8, 4) is 0 Å². The van der Waals surface area contributed by atoms with Gasteiger partial charge < -0.3 is 20.6 Å². The molecule has 0 aromatic heterocycles. The summed E-state index contributed by atoms with van der Waals surface area (Å²) in [5.41, 5.74) is 0. The topological polar surface area (TPSA) is 89.8 Å². The van der Waals surface area contributed by atoms with E-state index < -0.39 is 18.2 Å². The molecule has 0 saturated carbocycles. The molecule has 3 atom stereocenters. The van der Waals surface area contributed by atoms with E-state index in [4.69, 9.17) is 0 Å². The van der Waals surface area contributed by atoms with E-state index in [-0.39, 0.29) is 18.9 Å². The molecule has 0 heterocycles. The van der Waals surface area contributed by atoms with Crippen molar-refractivity contribution in [3.63, 3.8) is 0 Å². The second-order valence-electron chi connectivity index (χ2n) is 19.5. The van der Waals surface area contributed by atoms with Gasteiger partial charge >= 0.3 is 0 Å².